The first-order chi connectivity index (χ1) is 23.4. The molecule has 2 aliphatic rings. The number of benzene rings is 1. The van der Waals surface area contributed by atoms with Gasteiger partial charge in [0, 0.05) is 48.0 Å². The van der Waals surface area contributed by atoms with E-state index in [0.29, 0.717) is 27.7 Å². The molecule has 10 nitrogen and oxygen atoms in total. The quantitative estimate of drug-likeness (QED) is 0.0839. The first kappa shape index (κ1) is 42.1. The third-order valence-corrected chi connectivity index (χ3v) is 10.5. The Labute approximate surface area is 306 Å². The first-order valence-electron chi connectivity index (χ1n) is 17.3. The maximum atomic E-state index is 12.9. The third-order valence-electron chi connectivity index (χ3n) is 9.75. The lowest BCUT2D eigenvalue weighted by atomic mass is 9.87. The zero-order chi connectivity index (χ0) is 37.4. The Kier molecular flexibility index (Phi) is 15.6. The van der Waals surface area contributed by atoms with Gasteiger partial charge in [0.1, 0.15) is 23.9 Å². The molecule has 1 aromatic rings. The zero-order valence-corrected chi connectivity index (χ0v) is 31.9. The number of hydrogen-bond donors (Lipinski definition) is 4. The van der Waals surface area contributed by atoms with Gasteiger partial charge in [-0.2, -0.15) is 0 Å². The highest BCUT2D eigenvalue weighted by Crippen LogP contribution is 2.39. The van der Waals surface area contributed by atoms with Crippen LogP contribution in [-0.4, -0.2) is 88.2 Å². The van der Waals surface area contributed by atoms with Crippen LogP contribution in [0.3, 0.4) is 0 Å². The molecule has 0 saturated carbocycles. The molecule has 1 saturated heterocycles. The highest BCUT2D eigenvalue weighted by atomic mass is 35.5. The third kappa shape index (κ3) is 11.6. The summed E-state index contributed by atoms with van der Waals surface area (Å²) in [7, 11) is 1.69. The zero-order valence-electron chi connectivity index (χ0n) is 30.4. The van der Waals surface area contributed by atoms with Gasteiger partial charge in [-0.1, -0.05) is 74.3 Å². The Morgan fingerprint density at radius 1 is 1.22 bits per heavy atom. The highest BCUT2D eigenvalue weighted by Gasteiger charge is 2.54. The summed E-state index contributed by atoms with van der Waals surface area (Å²) in [6.07, 6.45) is 5.97. The van der Waals surface area contributed by atoms with Crippen molar-refractivity contribution in [3.8, 4) is 0 Å². The van der Waals surface area contributed by atoms with Crippen molar-refractivity contribution in [1.29, 1.82) is 0 Å². The number of aliphatic hydroxyl groups excluding tert-OH is 1. The van der Waals surface area contributed by atoms with Crippen molar-refractivity contribution in [3.63, 3.8) is 0 Å². The molecule has 0 bridgehead atoms. The summed E-state index contributed by atoms with van der Waals surface area (Å²) in [6, 6.07) is 4.74. The van der Waals surface area contributed by atoms with Gasteiger partial charge >= 0.3 is 11.9 Å². The van der Waals surface area contributed by atoms with Crippen LogP contribution >= 0.6 is 23.2 Å². The molecule has 50 heavy (non-hydrogen) atoms. The van der Waals surface area contributed by atoms with Crippen LogP contribution in [0.25, 0.3) is 0 Å². The van der Waals surface area contributed by atoms with Crippen molar-refractivity contribution in [3.05, 3.63) is 69.8 Å². The number of rotatable bonds is 13. The van der Waals surface area contributed by atoms with Gasteiger partial charge in [-0.25, -0.2) is 0 Å². The standard InChI is InChI=1S/C38H55Cl2NO9/c1-9-30(47-8)24(4)34-35(50-34)36(41-21-27-28(39)13-10-14-29(27)40)38(7,46)18-11-12-22(2)33-23(3)15-16-31(48-25(5)42)37(6,45)19-17-26(43)20-32(44)49-33/h10-16,18,23-24,26,30-31,33-36,41,43,45-46H,9,17,19-21H2,1-8H3/b16-15+,18-11+,22-12+/t23-,24+,26+,30-,31-,33?,34+,35-,36?,37+,38?/m0/s1. The average Bonchev–Trinajstić information content (AvgIpc) is 3.82. The van der Waals surface area contributed by atoms with Gasteiger partial charge in [-0.05, 0) is 63.8 Å². The number of methoxy groups -OCH3 is 1. The van der Waals surface area contributed by atoms with Crippen molar-refractivity contribution >= 4 is 35.1 Å². The maximum absolute atomic E-state index is 12.9. The van der Waals surface area contributed by atoms with Gasteiger partial charge in [0.15, 0.2) is 0 Å². The van der Waals surface area contributed by atoms with Gasteiger partial charge in [0.25, 0.3) is 0 Å². The first-order valence-corrected chi connectivity index (χ1v) is 18.1. The highest BCUT2D eigenvalue weighted by molar-refractivity contribution is 6.35. The Hall–Kier alpha value is -2.28. The van der Waals surface area contributed by atoms with Crippen molar-refractivity contribution in [2.45, 2.75) is 135 Å². The summed E-state index contributed by atoms with van der Waals surface area (Å²) in [4.78, 5) is 24.7. The molecule has 4 N–H and O–H groups in total. The number of cyclic esters (lactones) is 1. The van der Waals surface area contributed by atoms with Crippen LogP contribution in [0, 0.1) is 11.8 Å². The molecular weight excluding hydrogens is 685 g/mol. The number of carbonyl (C=O) groups excluding carboxylic acids is 2. The Morgan fingerprint density at radius 3 is 2.48 bits per heavy atom. The fourth-order valence-corrected chi connectivity index (χ4v) is 7.11. The van der Waals surface area contributed by atoms with Gasteiger partial charge in [-0.3, -0.25) is 9.59 Å². The Morgan fingerprint density at radius 2 is 1.88 bits per heavy atom. The van der Waals surface area contributed by atoms with Crippen LogP contribution in [-0.2, 0) is 35.1 Å². The van der Waals surface area contributed by atoms with Gasteiger partial charge in [0.05, 0.1) is 36.4 Å². The van der Waals surface area contributed by atoms with Crippen LogP contribution in [0.2, 0.25) is 10.0 Å². The molecule has 12 heteroatoms. The molecule has 0 spiro atoms. The lowest BCUT2D eigenvalue weighted by molar-refractivity contribution is -0.157. The number of aliphatic hydroxyl groups is 3. The van der Waals surface area contributed by atoms with Crippen molar-refractivity contribution in [2.24, 2.45) is 11.8 Å². The monoisotopic (exact) mass is 739 g/mol. The molecule has 2 heterocycles. The molecule has 3 unspecified atom stereocenters. The normalized spacial score (nSPS) is 31.8. The van der Waals surface area contributed by atoms with E-state index in [9.17, 15) is 24.9 Å². The molecule has 2 aliphatic heterocycles. The average molecular weight is 741 g/mol. The minimum absolute atomic E-state index is 0.00373. The van der Waals surface area contributed by atoms with Crippen molar-refractivity contribution < 1.29 is 43.9 Å². The van der Waals surface area contributed by atoms with Gasteiger partial charge in [-0.15, -0.1) is 0 Å². The Balaban J connectivity index is 1.90. The van der Waals surface area contributed by atoms with E-state index < -0.39 is 53.4 Å². The lowest BCUT2D eigenvalue weighted by Gasteiger charge is -2.32. The van der Waals surface area contributed by atoms with Crippen LogP contribution in [0.4, 0.5) is 0 Å². The number of hydrogen-bond acceptors (Lipinski definition) is 10. The number of epoxide rings is 1. The maximum Gasteiger partial charge on any atom is 0.309 e. The Bertz CT molecular complexity index is 1370. The summed E-state index contributed by atoms with van der Waals surface area (Å²) in [5.41, 5.74) is -1.51. The molecule has 0 aromatic heterocycles. The van der Waals surface area contributed by atoms with Gasteiger partial charge in [0.2, 0.25) is 0 Å². The second-order valence-corrected chi connectivity index (χ2v) is 14.9. The molecule has 280 valence electrons. The number of nitrogens with one attached hydrogen (secondary N) is 1. The van der Waals surface area contributed by atoms with Crippen molar-refractivity contribution in [1.82, 2.24) is 5.32 Å². The molecule has 1 aromatic carbocycles. The second-order valence-electron chi connectivity index (χ2n) is 14.1. The van der Waals surface area contributed by atoms with Crippen LogP contribution in [0.5, 0.6) is 0 Å². The molecule has 0 aliphatic carbocycles. The minimum atomic E-state index is -1.47. The summed E-state index contributed by atoms with van der Waals surface area (Å²) >= 11 is 12.9. The van der Waals surface area contributed by atoms with Crippen LogP contribution in [0.1, 0.15) is 79.7 Å². The summed E-state index contributed by atoms with van der Waals surface area (Å²) in [5.74, 6) is -1.46. The fourth-order valence-electron chi connectivity index (χ4n) is 6.58. The van der Waals surface area contributed by atoms with E-state index in [2.05, 4.69) is 19.2 Å². The number of carbonyl (C=O) groups is 2. The molecule has 0 radical (unpaired) electrons. The number of allylic oxidation sites excluding steroid dienone is 2. The van der Waals surface area contributed by atoms with E-state index in [1.807, 2.05) is 6.92 Å². The van der Waals surface area contributed by atoms with E-state index in [-0.39, 0.29) is 43.5 Å². The molecule has 11 atom stereocenters. The molecule has 1 fully saturated rings. The van der Waals surface area contributed by atoms with E-state index in [0.717, 1.165) is 6.42 Å². The molecule has 3 rings (SSSR count). The van der Waals surface area contributed by atoms with Crippen molar-refractivity contribution in [2.75, 3.05) is 7.11 Å². The number of esters is 2. The SMILES string of the molecule is CC[C@H](OC)[C@@H](C)[C@H]1O[C@@H]1C(NCc1c(Cl)cccc1Cl)C(C)(O)/C=C/C=C(\C)C1OC(=O)C[C@H](O)CC[C@@](C)(O)[C@@H](OC(C)=O)/C=C/[C@@H]1C. The topological polar surface area (TPSA) is 147 Å². The van der Waals surface area contributed by atoms with E-state index in [1.165, 1.54) is 13.8 Å². The minimum Gasteiger partial charge on any atom is -0.457 e. The summed E-state index contributed by atoms with van der Waals surface area (Å²) in [5, 5.41) is 38.0. The predicted molar refractivity (Wildman–Crippen MR) is 194 cm³/mol. The summed E-state index contributed by atoms with van der Waals surface area (Å²) < 4.78 is 23.1. The number of halogens is 2. The van der Waals surface area contributed by atoms with E-state index in [1.54, 1.807) is 69.5 Å². The van der Waals surface area contributed by atoms with E-state index in [4.69, 9.17) is 42.1 Å². The largest absolute Gasteiger partial charge is 0.457 e. The smallest absolute Gasteiger partial charge is 0.309 e. The molecular formula is C38H55Cl2NO9. The number of ether oxygens (including phenoxy) is 4. The lowest BCUT2D eigenvalue weighted by Crippen LogP contribution is -2.52. The van der Waals surface area contributed by atoms with E-state index >= 15 is 0 Å². The summed E-state index contributed by atoms with van der Waals surface area (Å²) in [6.45, 7) is 12.6. The van der Waals surface area contributed by atoms with Crippen LogP contribution in [0.15, 0.2) is 54.2 Å². The predicted octanol–water partition coefficient (Wildman–Crippen LogP) is 5.87. The molecule has 0 amide bonds. The van der Waals surface area contributed by atoms with Gasteiger partial charge < -0.3 is 39.6 Å². The van der Waals surface area contributed by atoms with Crippen LogP contribution < -0.4 is 5.32 Å². The fraction of sp³-hybridized carbons (Fsp3) is 0.632. The second kappa shape index (κ2) is 18.5.